The monoisotopic (exact) mass is 264 g/mol. The smallest absolute Gasteiger partial charge is 0.269 e. The van der Waals surface area contributed by atoms with Crippen LogP contribution in [0, 0.1) is 6.92 Å². The maximum atomic E-state index is 11.9. The van der Waals surface area contributed by atoms with Crippen molar-refractivity contribution in [3.63, 3.8) is 0 Å². The first-order chi connectivity index (χ1) is 8.61. The highest BCUT2D eigenvalue weighted by Gasteiger charge is 2.14. The van der Waals surface area contributed by atoms with E-state index in [9.17, 15) is 4.79 Å². The van der Waals surface area contributed by atoms with Crippen LogP contribution in [0.25, 0.3) is 0 Å². The van der Waals surface area contributed by atoms with Crippen LogP contribution in [0.5, 0.6) is 5.75 Å². The number of hydrogen-bond acceptors (Lipinski definition) is 6. The molecular formula is C11H12N4O2S. The van der Waals surface area contributed by atoms with Gasteiger partial charge in [0, 0.05) is 6.07 Å². The zero-order valence-corrected chi connectivity index (χ0v) is 10.7. The van der Waals surface area contributed by atoms with Crippen molar-refractivity contribution in [1.29, 1.82) is 0 Å². The van der Waals surface area contributed by atoms with Crippen molar-refractivity contribution in [3.05, 3.63) is 28.8 Å². The Balaban J connectivity index is 2.20. The topological polar surface area (TPSA) is 90.1 Å². The maximum absolute atomic E-state index is 11.9. The molecular weight excluding hydrogens is 252 g/mol. The molecule has 1 aromatic heterocycles. The number of ether oxygens (including phenoxy) is 1. The molecule has 1 amide bonds. The lowest BCUT2D eigenvalue weighted by molar-refractivity contribution is 0.103. The number of nitrogen functional groups attached to an aromatic ring is 1. The van der Waals surface area contributed by atoms with Crippen LogP contribution in [-0.2, 0) is 0 Å². The molecule has 1 heterocycles. The maximum Gasteiger partial charge on any atom is 0.269 e. The average molecular weight is 264 g/mol. The Bertz CT molecular complexity index is 582. The van der Waals surface area contributed by atoms with E-state index in [4.69, 9.17) is 10.5 Å². The van der Waals surface area contributed by atoms with Crippen LogP contribution in [0.1, 0.15) is 15.4 Å². The fraction of sp³-hybridized carbons (Fsp3) is 0.182. The van der Waals surface area contributed by atoms with Crippen molar-refractivity contribution in [1.82, 2.24) is 9.59 Å². The van der Waals surface area contributed by atoms with Crippen LogP contribution in [0.4, 0.5) is 11.4 Å². The summed E-state index contributed by atoms with van der Waals surface area (Å²) in [5.41, 5.74) is 7.39. The summed E-state index contributed by atoms with van der Waals surface area (Å²) in [7, 11) is 1.55. The Morgan fingerprint density at radius 2 is 2.28 bits per heavy atom. The second kappa shape index (κ2) is 5.01. The molecule has 0 bridgehead atoms. The third kappa shape index (κ3) is 2.40. The fourth-order valence-electron chi connectivity index (χ4n) is 1.40. The molecule has 94 valence electrons. The molecule has 0 saturated carbocycles. The number of nitrogens with two attached hydrogens (primary N) is 1. The van der Waals surface area contributed by atoms with Crippen LogP contribution in [0.3, 0.4) is 0 Å². The molecule has 0 aliphatic rings. The van der Waals surface area contributed by atoms with E-state index in [0.717, 1.165) is 11.5 Å². The van der Waals surface area contributed by atoms with Gasteiger partial charge in [-0.3, -0.25) is 4.79 Å². The van der Waals surface area contributed by atoms with Crippen molar-refractivity contribution < 1.29 is 9.53 Å². The third-order valence-corrected chi connectivity index (χ3v) is 3.19. The number of anilines is 2. The van der Waals surface area contributed by atoms with E-state index in [1.54, 1.807) is 32.2 Å². The molecule has 0 saturated heterocycles. The summed E-state index contributed by atoms with van der Waals surface area (Å²) in [5, 5.41) is 6.50. The average Bonchev–Trinajstić information content (AvgIpc) is 2.78. The standard InChI is InChI=1S/C11H12N4O2S/c1-6-10(18-15-14-6)11(16)13-9-4-3-7(17-2)5-8(9)12/h3-5H,12H2,1-2H3,(H,13,16). The largest absolute Gasteiger partial charge is 0.497 e. The number of aryl methyl sites for hydroxylation is 1. The van der Waals surface area contributed by atoms with E-state index in [-0.39, 0.29) is 5.91 Å². The summed E-state index contributed by atoms with van der Waals surface area (Å²) in [6.07, 6.45) is 0. The van der Waals surface area contributed by atoms with Crippen LogP contribution in [-0.4, -0.2) is 22.6 Å². The van der Waals surface area contributed by atoms with E-state index in [0.29, 0.717) is 27.7 Å². The highest BCUT2D eigenvalue weighted by atomic mass is 32.1. The summed E-state index contributed by atoms with van der Waals surface area (Å²) >= 11 is 1.05. The molecule has 3 N–H and O–H groups in total. The molecule has 0 atom stereocenters. The van der Waals surface area contributed by atoms with Gasteiger partial charge in [0.2, 0.25) is 0 Å². The van der Waals surface area contributed by atoms with Gasteiger partial charge in [-0.15, -0.1) is 5.10 Å². The van der Waals surface area contributed by atoms with Crippen LogP contribution in [0.2, 0.25) is 0 Å². The van der Waals surface area contributed by atoms with Gasteiger partial charge in [0.25, 0.3) is 5.91 Å². The second-order valence-corrected chi connectivity index (χ2v) is 4.35. The second-order valence-electron chi connectivity index (χ2n) is 3.59. The number of carbonyl (C=O) groups is 1. The van der Waals surface area contributed by atoms with Crippen molar-refractivity contribution in [2.75, 3.05) is 18.2 Å². The highest BCUT2D eigenvalue weighted by molar-refractivity contribution is 7.08. The molecule has 0 aliphatic heterocycles. The molecule has 1 aromatic carbocycles. The van der Waals surface area contributed by atoms with Gasteiger partial charge >= 0.3 is 0 Å². The summed E-state index contributed by atoms with van der Waals surface area (Å²) in [5.74, 6) is 0.375. The summed E-state index contributed by atoms with van der Waals surface area (Å²) in [4.78, 5) is 12.4. The molecule has 6 nitrogen and oxygen atoms in total. The van der Waals surface area contributed by atoms with E-state index >= 15 is 0 Å². The first-order valence-electron chi connectivity index (χ1n) is 5.15. The molecule has 0 spiro atoms. The fourth-order valence-corrected chi connectivity index (χ4v) is 1.95. The Labute approximate surface area is 108 Å². The lowest BCUT2D eigenvalue weighted by Crippen LogP contribution is -2.13. The zero-order chi connectivity index (χ0) is 13.1. The minimum atomic E-state index is -0.264. The quantitative estimate of drug-likeness (QED) is 0.823. The number of rotatable bonds is 3. The van der Waals surface area contributed by atoms with Gasteiger partial charge in [-0.2, -0.15) is 0 Å². The number of hydrogen-bond donors (Lipinski definition) is 2. The predicted octanol–water partition coefficient (Wildman–Crippen LogP) is 1.69. The summed E-state index contributed by atoms with van der Waals surface area (Å²) in [6, 6.07) is 5.06. The number of nitrogens with zero attached hydrogens (tertiary/aromatic N) is 2. The van der Waals surface area contributed by atoms with Crippen LogP contribution >= 0.6 is 11.5 Å². The van der Waals surface area contributed by atoms with Gasteiger partial charge in [-0.25, -0.2) is 0 Å². The minimum Gasteiger partial charge on any atom is -0.497 e. The molecule has 0 unspecified atom stereocenters. The number of methoxy groups -OCH3 is 1. The number of carbonyl (C=O) groups excluding carboxylic acids is 1. The number of nitrogens with one attached hydrogen (secondary N) is 1. The van der Waals surface area contributed by atoms with Crippen molar-refractivity contribution in [2.24, 2.45) is 0 Å². The van der Waals surface area contributed by atoms with E-state index in [2.05, 4.69) is 14.9 Å². The Kier molecular flexibility index (Phi) is 3.42. The van der Waals surface area contributed by atoms with Gasteiger partial charge in [0.05, 0.1) is 24.2 Å². The molecule has 2 rings (SSSR count). The molecule has 2 aromatic rings. The molecule has 0 radical (unpaired) electrons. The predicted molar refractivity (Wildman–Crippen MR) is 70.0 cm³/mol. The van der Waals surface area contributed by atoms with E-state index in [1.165, 1.54) is 0 Å². The number of benzene rings is 1. The Hall–Kier alpha value is -2.15. The number of amides is 1. The minimum absolute atomic E-state index is 0.264. The van der Waals surface area contributed by atoms with Gasteiger partial charge in [0.1, 0.15) is 10.6 Å². The molecule has 0 aliphatic carbocycles. The van der Waals surface area contributed by atoms with Gasteiger partial charge < -0.3 is 15.8 Å². The van der Waals surface area contributed by atoms with Crippen molar-refractivity contribution in [2.45, 2.75) is 6.92 Å². The van der Waals surface area contributed by atoms with Crippen LogP contribution in [0.15, 0.2) is 18.2 Å². The molecule has 0 fully saturated rings. The molecule has 18 heavy (non-hydrogen) atoms. The van der Waals surface area contributed by atoms with E-state index in [1.807, 2.05) is 0 Å². The highest BCUT2D eigenvalue weighted by Crippen LogP contribution is 2.25. The summed E-state index contributed by atoms with van der Waals surface area (Å²) < 4.78 is 8.75. The zero-order valence-electron chi connectivity index (χ0n) is 9.93. The van der Waals surface area contributed by atoms with Crippen molar-refractivity contribution >= 4 is 28.8 Å². The van der Waals surface area contributed by atoms with Gasteiger partial charge in [-0.1, -0.05) is 4.49 Å². The first kappa shape index (κ1) is 12.3. The SMILES string of the molecule is COc1ccc(NC(=O)c2snnc2C)c(N)c1. The van der Waals surface area contributed by atoms with Gasteiger partial charge in [0.15, 0.2) is 0 Å². The van der Waals surface area contributed by atoms with Crippen molar-refractivity contribution in [3.8, 4) is 5.75 Å². The van der Waals surface area contributed by atoms with Crippen LogP contribution < -0.4 is 15.8 Å². The van der Waals surface area contributed by atoms with Gasteiger partial charge in [-0.05, 0) is 30.6 Å². The Morgan fingerprint density at radius 1 is 1.50 bits per heavy atom. The number of aromatic nitrogens is 2. The normalized spacial score (nSPS) is 10.1. The molecule has 7 heteroatoms. The summed E-state index contributed by atoms with van der Waals surface area (Å²) in [6.45, 7) is 1.73. The first-order valence-corrected chi connectivity index (χ1v) is 5.93. The lowest BCUT2D eigenvalue weighted by Gasteiger charge is -2.08. The lowest BCUT2D eigenvalue weighted by atomic mass is 10.2. The Morgan fingerprint density at radius 3 is 2.83 bits per heavy atom. The third-order valence-electron chi connectivity index (χ3n) is 2.36. The van der Waals surface area contributed by atoms with E-state index < -0.39 is 0 Å².